The third-order valence-corrected chi connectivity index (χ3v) is 8.40. The lowest BCUT2D eigenvalue weighted by atomic mass is 10.1. The maximum atomic E-state index is 13.9. The van der Waals surface area contributed by atoms with Crippen LogP contribution < -0.4 is 14.4 Å². The predicted octanol–water partition coefficient (Wildman–Crippen LogP) is 4.88. The van der Waals surface area contributed by atoms with E-state index in [2.05, 4.69) is 5.32 Å². The molecule has 3 aromatic rings. The molecule has 0 radical (unpaired) electrons. The van der Waals surface area contributed by atoms with Gasteiger partial charge in [0.1, 0.15) is 18.3 Å². The summed E-state index contributed by atoms with van der Waals surface area (Å²) in [4.78, 5) is 28.4. The first kappa shape index (κ1) is 30.0. The standard InChI is InChI=1S/C29H34ClN3O5S/c1-5-21(2)31-29(35)22(3)32(19-23-10-9-11-24(30)18-23)28(34)20-33(25-14-16-26(38-4)17-15-25)39(36,37)27-12-7-6-8-13-27/h6-18,21-22H,5,19-20H2,1-4H3,(H,31,35). The van der Waals surface area contributed by atoms with E-state index in [1.54, 1.807) is 73.7 Å². The number of nitrogens with one attached hydrogen (secondary N) is 1. The average molecular weight is 572 g/mol. The molecule has 0 aromatic heterocycles. The number of hydrogen-bond donors (Lipinski definition) is 1. The topological polar surface area (TPSA) is 96.0 Å². The summed E-state index contributed by atoms with van der Waals surface area (Å²) >= 11 is 6.17. The van der Waals surface area contributed by atoms with Gasteiger partial charge in [0.2, 0.25) is 11.8 Å². The molecule has 0 aliphatic carbocycles. The van der Waals surface area contributed by atoms with Gasteiger partial charge in [-0.2, -0.15) is 0 Å². The third-order valence-electron chi connectivity index (χ3n) is 6.38. The van der Waals surface area contributed by atoms with Crippen LogP contribution in [-0.2, 0) is 26.2 Å². The molecule has 0 heterocycles. The van der Waals surface area contributed by atoms with E-state index in [1.165, 1.54) is 24.1 Å². The number of ether oxygens (including phenoxy) is 1. The Kier molecular flexibility index (Phi) is 10.4. The number of methoxy groups -OCH3 is 1. The van der Waals surface area contributed by atoms with Gasteiger partial charge in [0.15, 0.2) is 0 Å². The molecule has 1 N–H and O–H groups in total. The van der Waals surface area contributed by atoms with Crippen LogP contribution in [0.1, 0.15) is 32.8 Å². The normalized spacial score (nSPS) is 12.7. The Labute approximate surface area is 235 Å². The highest BCUT2D eigenvalue weighted by Gasteiger charge is 2.32. The van der Waals surface area contributed by atoms with E-state index < -0.39 is 28.5 Å². The molecular weight excluding hydrogens is 538 g/mol. The molecular formula is C29H34ClN3O5S. The highest BCUT2D eigenvalue weighted by molar-refractivity contribution is 7.92. The molecule has 3 rings (SSSR count). The minimum atomic E-state index is -4.13. The smallest absolute Gasteiger partial charge is 0.264 e. The Balaban J connectivity index is 2.02. The molecule has 0 spiro atoms. The lowest BCUT2D eigenvalue weighted by molar-refractivity contribution is -0.139. The van der Waals surface area contributed by atoms with E-state index in [0.717, 1.165) is 10.7 Å². The summed E-state index contributed by atoms with van der Waals surface area (Å²) in [7, 11) is -2.62. The first-order valence-electron chi connectivity index (χ1n) is 12.6. The predicted molar refractivity (Wildman–Crippen MR) is 153 cm³/mol. The number of carbonyl (C=O) groups excluding carboxylic acids is 2. The summed E-state index contributed by atoms with van der Waals surface area (Å²) in [5, 5.41) is 3.40. The maximum Gasteiger partial charge on any atom is 0.264 e. The summed E-state index contributed by atoms with van der Waals surface area (Å²) < 4.78 is 33.8. The van der Waals surface area contributed by atoms with Crippen molar-refractivity contribution in [1.82, 2.24) is 10.2 Å². The summed E-state index contributed by atoms with van der Waals surface area (Å²) in [6.07, 6.45) is 0.723. The minimum Gasteiger partial charge on any atom is -0.497 e. The van der Waals surface area contributed by atoms with Gasteiger partial charge in [0.25, 0.3) is 10.0 Å². The Morgan fingerprint density at radius 3 is 2.23 bits per heavy atom. The third kappa shape index (κ3) is 7.74. The Hall–Kier alpha value is -3.56. The second-order valence-corrected chi connectivity index (χ2v) is 11.5. The molecule has 2 atom stereocenters. The van der Waals surface area contributed by atoms with Crippen molar-refractivity contribution >= 4 is 39.1 Å². The number of carbonyl (C=O) groups is 2. The summed E-state index contributed by atoms with van der Waals surface area (Å²) in [5.74, 6) is -0.334. The van der Waals surface area contributed by atoms with Crippen LogP contribution in [0.15, 0.2) is 83.8 Å². The number of anilines is 1. The van der Waals surface area contributed by atoms with Crippen LogP contribution in [0.4, 0.5) is 5.69 Å². The van der Waals surface area contributed by atoms with Gasteiger partial charge in [-0.15, -0.1) is 0 Å². The van der Waals surface area contributed by atoms with Crippen molar-refractivity contribution in [3.05, 3.63) is 89.4 Å². The fourth-order valence-electron chi connectivity index (χ4n) is 3.88. The minimum absolute atomic E-state index is 0.0394. The van der Waals surface area contributed by atoms with Crippen LogP contribution in [0.25, 0.3) is 0 Å². The van der Waals surface area contributed by atoms with Gasteiger partial charge in [-0.25, -0.2) is 8.42 Å². The van der Waals surface area contributed by atoms with Crippen LogP contribution in [0.2, 0.25) is 5.02 Å². The molecule has 0 bridgehead atoms. The molecule has 39 heavy (non-hydrogen) atoms. The van der Waals surface area contributed by atoms with Crippen LogP contribution in [-0.4, -0.2) is 50.9 Å². The van der Waals surface area contributed by atoms with Crippen molar-refractivity contribution in [1.29, 1.82) is 0 Å². The molecule has 2 amide bonds. The highest BCUT2D eigenvalue weighted by Crippen LogP contribution is 2.26. The number of rotatable bonds is 12. The van der Waals surface area contributed by atoms with Crippen molar-refractivity contribution in [3.8, 4) is 5.75 Å². The van der Waals surface area contributed by atoms with Gasteiger partial charge < -0.3 is 15.0 Å². The quantitative estimate of drug-likeness (QED) is 0.334. The van der Waals surface area contributed by atoms with Crippen LogP contribution in [0, 0.1) is 0 Å². The zero-order valence-electron chi connectivity index (χ0n) is 22.5. The molecule has 2 unspecified atom stereocenters. The lowest BCUT2D eigenvalue weighted by Crippen LogP contribution is -2.52. The average Bonchev–Trinajstić information content (AvgIpc) is 2.94. The fourth-order valence-corrected chi connectivity index (χ4v) is 5.53. The van der Waals surface area contributed by atoms with Crippen molar-refractivity contribution in [3.63, 3.8) is 0 Å². The van der Waals surface area contributed by atoms with E-state index in [4.69, 9.17) is 16.3 Å². The zero-order valence-corrected chi connectivity index (χ0v) is 24.1. The van der Waals surface area contributed by atoms with E-state index in [-0.39, 0.29) is 29.1 Å². The number of nitrogens with zero attached hydrogens (tertiary/aromatic N) is 2. The maximum absolute atomic E-state index is 13.9. The summed E-state index contributed by atoms with van der Waals surface area (Å²) in [5.41, 5.74) is 0.994. The number of halogens is 1. The molecule has 8 nitrogen and oxygen atoms in total. The molecule has 0 aliphatic rings. The Morgan fingerprint density at radius 2 is 1.64 bits per heavy atom. The first-order chi connectivity index (χ1) is 18.6. The molecule has 0 saturated heterocycles. The largest absolute Gasteiger partial charge is 0.497 e. The molecule has 10 heteroatoms. The van der Waals surface area contributed by atoms with E-state index >= 15 is 0 Å². The van der Waals surface area contributed by atoms with Gasteiger partial charge in [0, 0.05) is 17.6 Å². The van der Waals surface area contributed by atoms with E-state index in [0.29, 0.717) is 16.3 Å². The van der Waals surface area contributed by atoms with Crippen LogP contribution >= 0.6 is 11.6 Å². The van der Waals surface area contributed by atoms with E-state index in [1.807, 2.05) is 13.8 Å². The van der Waals surface area contributed by atoms with Crippen molar-refractivity contribution in [2.75, 3.05) is 18.0 Å². The van der Waals surface area contributed by atoms with Crippen LogP contribution in [0.3, 0.4) is 0 Å². The second kappa shape index (κ2) is 13.5. The molecule has 208 valence electrons. The molecule has 3 aromatic carbocycles. The summed E-state index contributed by atoms with van der Waals surface area (Å²) in [6, 6.07) is 20.3. The van der Waals surface area contributed by atoms with Crippen molar-refractivity contribution in [2.24, 2.45) is 0 Å². The second-order valence-electron chi connectivity index (χ2n) is 9.17. The number of benzene rings is 3. The molecule has 0 saturated carbocycles. The summed E-state index contributed by atoms with van der Waals surface area (Å²) in [6.45, 7) is 5.00. The van der Waals surface area contributed by atoms with Gasteiger partial charge >= 0.3 is 0 Å². The zero-order chi connectivity index (χ0) is 28.6. The number of sulfonamides is 1. The lowest BCUT2D eigenvalue weighted by Gasteiger charge is -2.32. The SMILES string of the molecule is CCC(C)NC(=O)C(C)N(Cc1cccc(Cl)c1)C(=O)CN(c1ccc(OC)cc1)S(=O)(=O)c1ccccc1. The van der Waals surface area contributed by atoms with Crippen LogP contribution in [0.5, 0.6) is 5.75 Å². The first-order valence-corrected chi connectivity index (χ1v) is 14.4. The molecule has 0 fully saturated rings. The Bertz CT molecular complexity index is 1370. The molecule has 0 aliphatic heterocycles. The van der Waals surface area contributed by atoms with E-state index in [9.17, 15) is 18.0 Å². The Morgan fingerprint density at radius 1 is 0.974 bits per heavy atom. The van der Waals surface area contributed by atoms with Crippen molar-refractivity contribution < 1.29 is 22.7 Å². The van der Waals surface area contributed by atoms with Gasteiger partial charge in [-0.3, -0.25) is 13.9 Å². The van der Waals surface area contributed by atoms with Gasteiger partial charge in [0.05, 0.1) is 17.7 Å². The highest BCUT2D eigenvalue weighted by atomic mass is 35.5. The number of hydrogen-bond acceptors (Lipinski definition) is 5. The van der Waals surface area contributed by atoms with Gasteiger partial charge in [-0.05, 0) is 74.4 Å². The van der Waals surface area contributed by atoms with Gasteiger partial charge in [-0.1, -0.05) is 48.9 Å². The van der Waals surface area contributed by atoms with Crippen molar-refractivity contribution in [2.45, 2.75) is 50.7 Å². The number of amides is 2. The fraction of sp³-hybridized carbons (Fsp3) is 0.310. The monoisotopic (exact) mass is 571 g/mol.